The van der Waals surface area contributed by atoms with E-state index in [1.807, 2.05) is 36.4 Å². The third kappa shape index (κ3) is 9.58. The van der Waals surface area contributed by atoms with Crippen molar-refractivity contribution in [1.29, 1.82) is 0 Å². The lowest BCUT2D eigenvalue weighted by Crippen LogP contribution is -2.60. The fourth-order valence-electron chi connectivity index (χ4n) is 5.28. The van der Waals surface area contributed by atoms with Crippen molar-refractivity contribution < 1.29 is 33.8 Å². The van der Waals surface area contributed by atoms with Crippen LogP contribution < -0.4 is 10.6 Å². The van der Waals surface area contributed by atoms with E-state index in [-0.39, 0.29) is 19.4 Å². The molecule has 1 saturated heterocycles. The van der Waals surface area contributed by atoms with Gasteiger partial charge in [0.2, 0.25) is 17.7 Å². The highest BCUT2D eigenvalue weighted by molar-refractivity contribution is 5.95. The lowest BCUT2D eigenvalue weighted by atomic mass is 9.85. The zero-order chi connectivity index (χ0) is 35.3. The number of carboxylic acids is 1. The fourth-order valence-corrected chi connectivity index (χ4v) is 5.28. The summed E-state index contributed by atoms with van der Waals surface area (Å²) in [5.41, 5.74) is 8.16. The van der Waals surface area contributed by atoms with Gasteiger partial charge in [0.1, 0.15) is 29.8 Å². The van der Waals surface area contributed by atoms with Crippen LogP contribution in [0.2, 0.25) is 0 Å². The average molecular weight is 652 g/mol. The van der Waals surface area contributed by atoms with Crippen molar-refractivity contribution in [3.8, 4) is 0 Å². The van der Waals surface area contributed by atoms with Crippen LogP contribution >= 0.6 is 0 Å². The van der Waals surface area contributed by atoms with Crippen molar-refractivity contribution in [3.05, 3.63) is 58.5 Å². The van der Waals surface area contributed by atoms with Gasteiger partial charge in [0, 0.05) is 24.9 Å². The smallest absolute Gasteiger partial charge is 0.410 e. The number of rotatable bonds is 10. The maximum absolute atomic E-state index is 14.1. The van der Waals surface area contributed by atoms with E-state index in [9.17, 15) is 29.1 Å². The normalized spacial score (nSPS) is 18.3. The van der Waals surface area contributed by atoms with Crippen LogP contribution in [0, 0.1) is 5.41 Å². The lowest BCUT2D eigenvalue weighted by molar-refractivity contribution is -0.146. The number of aliphatic carboxylic acids is 1. The predicted molar refractivity (Wildman–Crippen MR) is 175 cm³/mol. The number of azide groups is 1. The molecule has 2 aromatic rings. The topological polar surface area (TPSA) is 194 Å². The summed E-state index contributed by atoms with van der Waals surface area (Å²) in [6, 6.07) is 7.77. The molecule has 2 aromatic carbocycles. The van der Waals surface area contributed by atoms with Crippen LogP contribution in [-0.4, -0.2) is 94.1 Å². The maximum Gasteiger partial charge on any atom is 0.410 e. The number of benzene rings is 2. The van der Waals surface area contributed by atoms with Gasteiger partial charge in [0.25, 0.3) is 0 Å². The Bertz CT molecular complexity index is 1560. The summed E-state index contributed by atoms with van der Waals surface area (Å²) < 4.78 is 5.36. The van der Waals surface area contributed by atoms with Gasteiger partial charge in [-0.05, 0) is 61.4 Å². The molecular weight excluding hydrogens is 606 g/mol. The summed E-state index contributed by atoms with van der Waals surface area (Å²) in [7, 11) is 1.41. The second kappa shape index (κ2) is 14.7. The standard InChI is InChI=1S/C33H45N7O7/c1-19(39(8)31(46)47-33(5,6)7)27(41)36-26(32(2,3)4)29(43)40-18-23(37-38-34)17-25(40)28(42)35-24(30(44)45)16-20-13-14-21-11-9-10-12-22(21)15-20/h9-15,19,23-26H,16-18H2,1-8H3,(H,35,42)(H,36,41)(H,44,45). The van der Waals surface area contributed by atoms with Crippen LogP contribution in [0.25, 0.3) is 21.2 Å². The van der Waals surface area contributed by atoms with E-state index < -0.39 is 71.0 Å². The van der Waals surface area contributed by atoms with Gasteiger partial charge in [-0.25, -0.2) is 9.59 Å². The Hall–Kier alpha value is -4.84. The fraction of sp³-hybridized carbons (Fsp3) is 0.545. The van der Waals surface area contributed by atoms with Gasteiger partial charge in [-0.2, -0.15) is 0 Å². The Balaban J connectivity index is 1.83. The molecule has 0 saturated carbocycles. The summed E-state index contributed by atoms with van der Waals surface area (Å²) in [5, 5.41) is 20.9. The Labute approximate surface area is 274 Å². The van der Waals surface area contributed by atoms with Gasteiger partial charge in [0.15, 0.2) is 0 Å². The quantitative estimate of drug-likeness (QED) is 0.196. The molecule has 1 aliphatic rings. The first kappa shape index (κ1) is 36.6. The summed E-state index contributed by atoms with van der Waals surface area (Å²) in [4.78, 5) is 71.1. The molecule has 4 amide bonds. The molecule has 3 N–H and O–H groups in total. The molecule has 254 valence electrons. The lowest BCUT2D eigenvalue weighted by Gasteiger charge is -2.37. The van der Waals surface area contributed by atoms with Crippen molar-refractivity contribution in [2.45, 2.75) is 97.1 Å². The van der Waals surface area contributed by atoms with Crippen LogP contribution in [0.1, 0.15) is 60.5 Å². The van der Waals surface area contributed by atoms with Crippen LogP contribution in [0.3, 0.4) is 0 Å². The van der Waals surface area contributed by atoms with E-state index in [2.05, 4.69) is 20.7 Å². The molecule has 1 aliphatic heterocycles. The average Bonchev–Trinajstić information content (AvgIpc) is 3.41. The minimum Gasteiger partial charge on any atom is -0.480 e. The second-order valence-electron chi connectivity index (χ2n) is 14.0. The summed E-state index contributed by atoms with van der Waals surface area (Å²) in [6.07, 6.45) is -0.758. The Morgan fingerprint density at radius 2 is 1.70 bits per heavy atom. The molecule has 5 atom stereocenters. The summed E-state index contributed by atoms with van der Waals surface area (Å²) >= 11 is 0. The van der Waals surface area contributed by atoms with E-state index in [1.165, 1.54) is 18.9 Å². The first-order chi connectivity index (χ1) is 21.8. The number of nitrogens with one attached hydrogen (secondary N) is 2. The van der Waals surface area contributed by atoms with E-state index in [0.717, 1.165) is 15.7 Å². The van der Waals surface area contributed by atoms with Crippen LogP contribution in [0.4, 0.5) is 4.79 Å². The number of amides is 4. The number of likely N-dealkylation sites (tertiary alicyclic amines) is 1. The molecule has 0 spiro atoms. The first-order valence-corrected chi connectivity index (χ1v) is 15.4. The molecule has 0 radical (unpaired) electrons. The van der Waals surface area contributed by atoms with E-state index in [0.29, 0.717) is 5.56 Å². The van der Waals surface area contributed by atoms with Crippen LogP contribution in [0.15, 0.2) is 47.6 Å². The Kier molecular flexibility index (Phi) is 11.5. The van der Waals surface area contributed by atoms with E-state index >= 15 is 0 Å². The molecule has 1 fully saturated rings. The minimum atomic E-state index is -1.30. The number of nitrogens with zero attached hydrogens (tertiary/aromatic N) is 5. The number of ether oxygens (including phenoxy) is 1. The molecule has 47 heavy (non-hydrogen) atoms. The van der Waals surface area contributed by atoms with Gasteiger partial charge in [-0.3, -0.25) is 19.3 Å². The molecule has 14 nitrogen and oxygen atoms in total. The highest BCUT2D eigenvalue weighted by Crippen LogP contribution is 2.28. The van der Waals surface area contributed by atoms with E-state index in [1.54, 1.807) is 47.6 Å². The van der Waals surface area contributed by atoms with E-state index in [4.69, 9.17) is 10.3 Å². The third-order valence-electron chi connectivity index (χ3n) is 7.99. The Morgan fingerprint density at radius 1 is 1.06 bits per heavy atom. The number of likely N-dealkylation sites (N-methyl/N-ethyl adjacent to an activating group) is 1. The third-order valence-corrected chi connectivity index (χ3v) is 7.99. The van der Waals surface area contributed by atoms with Crippen molar-refractivity contribution in [2.24, 2.45) is 10.5 Å². The summed E-state index contributed by atoms with van der Waals surface area (Å²) in [6.45, 7) is 11.7. The van der Waals surface area contributed by atoms with Crippen LogP contribution in [-0.2, 0) is 30.3 Å². The molecule has 1 heterocycles. The zero-order valence-corrected chi connectivity index (χ0v) is 28.2. The molecule has 3 rings (SSSR count). The highest BCUT2D eigenvalue weighted by Gasteiger charge is 2.46. The maximum atomic E-state index is 14.1. The second-order valence-corrected chi connectivity index (χ2v) is 14.0. The SMILES string of the molecule is CC(C(=O)NC(C(=O)N1CC(N=[N+]=[N-])CC1C(=O)NC(Cc1ccc2ccccc2c1)C(=O)O)C(C)(C)C)N(C)C(=O)OC(C)(C)C. The number of hydrogen-bond donors (Lipinski definition) is 3. The zero-order valence-electron chi connectivity index (χ0n) is 28.2. The van der Waals surface area contributed by atoms with Gasteiger partial charge in [-0.1, -0.05) is 68.4 Å². The predicted octanol–water partition coefficient (Wildman–Crippen LogP) is 4.02. The number of carbonyl (C=O) groups excluding carboxylic acids is 4. The molecule has 14 heteroatoms. The monoisotopic (exact) mass is 651 g/mol. The first-order valence-electron chi connectivity index (χ1n) is 15.4. The minimum absolute atomic E-state index is 0.00389. The van der Waals surface area contributed by atoms with Gasteiger partial charge >= 0.3 is 12.1 Å². The van der Waals surface area contributed by atoms with Gasteiger partial charge < -0.3 is 25.4 Å². The molecule has 0 aromatic heterocycles. The number of hydrogen-bond acceptors (Lipinski definition) is 7. The summed E-state index contributed by atoms with van der Waals surface area (Å²) in [5.74, 6) is -3.22. The van der Waals surface area contributed by atoms with Gasteiger partial charge in [0.05, 0.1) is 6.04 Å². The highest BCUT2D eigenvalue weighted by atomic mass is 16.6. The molecule has 0 aliphatic carbocycles. The molecule has 5 unspecified atom stereocenters. The Morgan fingerprint density at radius 3 is 2.28 bits per heavy atom. The van der Waals surface area contributed by atoms with Crippen molar-refractivity contribution in [1.82, 2.24) is 20.4 Å². The van der Waals surface area contributed by atoms with Crippen molar-refractivity contribution >= 4 is 40.6 Å². The van der Waals surface area contributed by atoms with Gasteiger partial charge in [-0.15, -0.1) is 0 Å². The van der Waals surface area contributed by atoms with Crippen LogP contribution in [0.5, 0.6) is 0 Å². The number of carboxylic acid groups (broad SMARTS) is 1. The molecular formula is C33H45N7O7. The largest absolute Gasteiger partial charge is 0.480 e. The molecule has 0 bridgehead atoms. The number of fused-ring (bicyclic) bond motifs is 1. The number of carbonyl (C=O) groups is 5. The van der Waals surface area contributed by atoms with Crippen molar-refractivity contribution in [2.75, 3.05) is 13.6 Å². The van der Waals surface area contributed by atoms with Crippen molar-refractivity contribution in [3.63, 3.8) is 0 Å².